The summed E-state index contributed by atoms with van der Waals surface area (Å²) in [7, 11) is 2.15. The minimum absolute atomic E-state index is 0.0491. The SMILES string of the molecule is CN1CCN(c2ccc(NCc3ccc(-c4cccc5nc(NC(=O)O)nn45)cc3)cn2)CC1. The van der Waals surface area contributed by atoms with Crippen molar-refractivity contribution in [3.05, 3.63) is 66.4 Å². The molecule has 0 atom stereocenters. The van der Waals surface area contributed by atoms with Gasteiger partial charge in [0.1, 0.15) is 5.82 Å². The first-order valence-corrected chi connectivity index (χ1v) is 11.1. The number of likely N-dealkylation sites (N-methyl/N-ethyl adjacent to an activating group) is 1. The number of amides is 1. The molecule has 34 heavy (non-hydrogen) atoms. The second-order valence-electron chi connectivity index (χ2n) is 8.29. The van der Waals surface area contributed by atoms with Crippen LogP contribution in [0.1, 0.15) is 5.56 Å². The summed E-state index contributed by atoms with van der Waals surface area (Å²) in [6.45, 7) is 4.80. The zero-order valence-electron chi connectivity index (χ0n) is 18.8. The number of nitrogens with zero attached hydrogens (tertiary/aromatic N) is 6. The Morgan fingerprint density at radius 2 is 1.82 bits per heavy atom. The van der Waals surface area contributed by atoms with Gasteiger partial charge in [0, 0.05) is 38.3 Å². The van der Waals surface area contributed by atoms with Crippen LogP contribution in [0, 0.1) is 0 Å². The molecule has 1 aromatic carbocycles. The average Bonchev–Trinajstić information content (AvgIpc) is 3.26. The van der Waals surface area contributed by atoms with Gasteiger partial charge >= 0.3 is 6.09 Å². The monoisotopic (exact) mass is 458 g/mol. The molecule has 174 valence electrons. The maximum atomic E-state index is 10.9. The van der Waals surface area contributed by atoms with Crippen LogP contribution in [-0.4, -0.2) is 68.9 Å². The zero-order chi connectivity index (χ0) is 23.5. The third kappa shape index (κ3) is 4.76. The molecule has 10 nitrogen and oxygen atoms in total. The normalized spacial score (nSPS) is 14.3. The number of hydrogen-bond acceptors (Lipinski definition) is 7. The second kappa shape index (κ2) is 9.36. The number of rotatable bonds is 6. The zero-order valence-corrected chi connectivity index (χ0v) is 18.8. The number of anilines is 3. The Labute approximate surface area is 196 Å². The minimum Gasteiger partial charge on any atom is -0.465 e. The lowest BCUT2D eigenvalue weighted by Gasteiger charge is -2.33. The summed E-state index contributed by atoms with van der Waals surface area (Å²) >= 11 is 0. The Bertz CT molecular complexity index is 1280. The highest BCUT2D eigenvalue weighted by Gasteiger charge is 2.15. The number of nitrogens with one attached hydrogen (secondary N) is 2. The predicted molar refractivity (Wildman–Crippen MR) is 131 cm³/mol. The van der Waals surface area contributed by atoms with E-state index in [1.165, 1.54) is 0 Å². The standard InChI is InChI=1S/C24H26N8O2/c1-30-11-13-31(14-12-30)21-10-9-19(16-26-21)25-15-17-5-7-18(8-6-17)20-3-2-4-22-27-23(28-24(33)34)29-32(20)22/h2-10,16,25H,11-15H2,1H3,(H,28,29)(H,33,34). The van der Waals surface area contributed by atoms with Gasteiger partial charge in [-0.1, -0.05) is 30.3 Å². The molecule has 5 rings (SSSR count). The number of aromatic nitrogens is 4. The molecule has 0 aliphatic carbocycles. The number of carbonyl (C=O) groups is 1. The molecule has 0 unspecified atom stereocenters. The largest absolute Gasteiger partial charge is 0.465 e. The number of benzene rings is 1. The molecule has 0 bridgehead atoms. The molecule has 10 heteroatoms. The van der Waals surface area contributed by atoms with Gasteiger partial charge in [-0.05, 0) is 36.9 Å². The van der Waals surface area contributed by atoms with Crippen LogP contribution in [0.5, 0.6) is 0 Å². The molecule has 4 heterocycles. The molecular formula is C24H26N8O2. The molecular weight excluding hydrogens is 432 g/mol. The molecule has 0 spiro atoms. The number of carboxylic acid groups (broad SMARTS) is 1. The highest BCUT2D eigenvalue weighted by atomic mass is 16.4. The van der Waals surface area contributed by atoms with Crippen LogP contribution in [0.2, 0.25) is 0 Å². The third-order valence-corrected chi connectivity index (χ3v) is 5.90. The highest BCUT2D eigenvalue weighted by Crippen LogP contribution is 2.22. The maximum Gasteiger partial charge on any atom is 0.411 e. The third-order valence-electron chi connectivity index (χ3n) is 5.90. The lowest BCUT2D eigenvalue weighted by Crippen LogP contribution is -2.44. The first-order valence-electron chi connectivity index (χ1n) is 11.1. The lowest BCUT2D eigenvalue weighted by molar-refractivity contribution is 0.209. The van der Waals surface area contributed by atoms with E-state index in [2.05, 4.69) is 66.8 Å². The van der Waals surface area contributed by atoms with Gasteiger partial charge in [-0.3, -0.25) is 5.32 Å². The van der Waals surface area contributed by atoms with Crippen LogP contribution in [0.25, 0.3) is 16.9 Å². The molecule has 4 aromatic rings. The van der Waals surface area contributed by atoms with Gasteiger partial charge in [0.25, 0.3) is 5.95 Å². The summed E-state index contributed by atoms with van der Waals surface area (Å²) in [6.07, 6.45) is 0.689. The lowest BCUT2D eigenvalue weighted by atomic mass is 10.1. The van der Waals surface area contributed by atoms with Crippen molar-refractivity contribution in [2.24, 2.45) is 0 Å². The summed E-state index contributed by atoms with van der Waals surface area (Å²) in [5.74, 6) is 1.07. The Hall–Kier alpha value is -4.18. The van der Waals surface area contributed by atoms with Crippen molar-refractivity contribution in [1.29, 1.82) is 0 Å². The fourth-order valence-corrected chi connectivity index (χ4v) is 3.98. The fourth-order valence-electron chi connectivity index (χ4n) is 3.98. The van der Waals surface area contributed by atoms with E-state index in [9.17, 15) is 4.79 Å². The second-order valence-corrected chi connectivity index (χ2v) is 8.29. The molecule has 1 fully saturated rings. The molecule has 3 aromatic heterocycles. The van der Waals surface area contributed by atoms with E-state index < -0.39 is 6.09 Å². The molecule has 3 N–H and O–H groups in total. The summed E-state index contributed by atoms with van der Waals surface area (Å²) in [6, 6.07) is 17.9. The Morgan fingerprint density at radius 3 is 2.53 bits per heavy atom. The Kier molecular flexibility index (Phi) is 5.96. The smallest absolute Gasteiger partial charge is 0.411 e. The molecule has 1 aliphatic heterocycles. The summed E-state index contributed by atoms with van der Waals surface area (Å²) in [5, 5.41) is 18.8. The van der Waals surface area contributed by atoms with Crippen molar-refractivity contribution in [2.45, 2.75) is 6.54 Å². The van der Waals surface area contributed by atoms with Gasteiger partial charge in [-0.2, -0.15) is 4.98 Å². The topological polar surface area (TPSA) is 111 Å². The van der Waals surface area contributed by atoms with Gasteiger partial charge in [0.15, 0.2) is 5.65 Å². The first kappa shape index (κ1) is 21.7. The van der Waals surface area contributed by atoms with E-state index in [1.807, 2.05) is 30.5 Å². The van der Waals surface area contributed by atoms with Crippen molar-refractivity contribution in [1.82, 2.24) is 24.5 Å². The quantitative estimate of drug-likeness (QED) is 0.404. The molecule has 1 saturated heterocycles. The number of hydrogen-bond donors (Lipinski definition) is 3. The number of fused-ring (bicyclic) bond motifs is 1. The highest BCUT2D eigenvalue weighted by molar-refractivity contribution is 5.80. The first-order chi connectivity index (χ1) is 16.5. The van der Waals surface area contributed by atoms with E-state index in [-0.39, 0.29) is 5.95 Å². The van der Waals surface area contributed by atoms with E-state index in [4.69, 9.17) is 5.11 Å². The molecule has 1 aliphatic rings. The van der Waals surface area contributed by atoms with Crippen LogP contribution >= 0.6 is 0 Å². The van der Waals surface area contributed by atoms with Gasteiger partial charge in [0.05, 0.1) is 17.6 Å². The Morgan fingerprint density at radius 1 is 1.03 bits per heavy atom. The van der Waals surface area contributed by atoms with E-state index >= 15 is 0 Å². The maximum absolute atomic E-state index is 10.9. The van der Waals surface area contributed by atoms with Crippen LogP contribution in [0.3, 0.4) is 0 Å². The van der Waals surface area contributed by atoms with Crippen LogP contribution < -0.4 is 15.5 Å². The van der Waals surface area contributed by atoms with Crippen LogP contribution in [0.4, 0.5) is 22.2 Å². The van der Waals surface area contributed by atoms with Gasteiger partial charge in [0.2, 0.25) is 0 Å². The van der Waals surface area contributed by atoms with E-state index in [0.717, 1.165) is 54.5 Å². The van der Waals surface area contributed by atoms with Crippen molar-refractivity contribution in [3.8, 4) is 11.3 Å². The number of pyridine rings is 2. The van der Waals surface area contributed by atoms with Crippen molar-refractivity contribution >= 4 is 29.2 Å². The van der Waals surface area contributed by atoms with Gasteiger partial charge in [-0.15, -0.1) is 5.10 Å². The summed E-state index contributed by atoms with van der Waals surface area (Å²) in [4.78, 5) is 24.4. The minimum atomic E-state index is -1.20. The summed E-state index contributed by atoms with van der Waals surface area (Å²) in [5.41, 5.74) is 4.46. The number of piperazine rings is 1. The Balaban J connectivity index is 1.24. The van der Waals surface area contributed by atoms with Crippen molar-refractivity contribution < 1.29 is 9.90 Å². The fraction of sp³-hybridized carbons (Fsp3) is 0.250. The van der Waals surface area contributed by atoms with Gasteiger partial charge in [-0.25, -0.2) is 14.3 Å². The van der Waals surface area contributed by atoms with Crippen molar-refractivity contribution in [2.75, 3.05) is 48.8 Å². The van der Waals surface area contributed by atoms with E-state index in [1.54, 1.807) is 10.6 Å². The molecule has 0 saturated carbocycles. The molecule has 0 radical (unpaired) electrons. The van der Waals surface area contributed by atoms with Crippen molar-refractivity contribution in [3.63, 3.8) is 0 Å². The summed E-state index contributed by atoms with van der Waals surface area (Å²) < 4.78 is 1.63. The van der Waals surface area contributed by atoms with E-state index in [0.29, 0.717) is 12.2 Å². The average molecular weight is 459 g/mol. The predicted octanol–water partition coefficient (Wildman–Crippen LogP) is 3.25. The molecule has 1 amide bonds. The van der Waals surface area contributed by atoms with Crippen LogP contribution in [0.15, 0.2) is 60.8 Å². The van der Waals surface area contributed by atoms with Gasteiger partial charge < -0.3 is 20.2 Å². The van der Waals surface area contributed by atoms with Crippen LogP contribution in [-0.2, 0) is 6.54 Å².